The Kier molecular flexibility index (Phi) is 7.26. The molecule has 0 spiro atoms. The minimum Gasteiger partial charge on any atom is -0.481 e. The van der Waals surface area contributed by atoms with Crippen LogP contribution in [0.3, 0.4) is 0 Å². The number of alkyl halides is 1. The molecule has 7 rings (SSSR count). The quantitative estimate of drug-likeness (QED) is 0.268. The van der Waals surface area contributed by atoms with Crippen molar-refractivity contribution in [3.63, 3.8) is 0 Å². The molecule has 3 N–H and O–H groups in total. The van der Waals surface area contributed by atoms with E-state index in [0.717, 1.165) is 24.1 Å². The van der Waals surface area contributed by atoms with Crippen LogP contribution in [0.15, 0.2) is 23.6 Å². The summed E-state index contributed by atoms with van der Waals surface area (Å²) in [5.41, 5.74) is 6.78. The van der Waals surface area contributed by atoms with Gasteiger partial charge in [-0.25, -0.2) is 13.8 Å². The first-order valence-corrected chi connectivity index (χ1v) is 15.8. The van der Waals surface area contributed by atoms with Gasteiger partial charge in [0, 0.05) is 47.9 Å². The third-order valence-corrected chi connectivity index (χ3v) is 10.4. The van der Waals surface area contributed by atoms with E-state index in [1.54, 1.807) is 17.5 Å². The number of hydrogen-bond acceptors (Lipinski definition) is 9. The smallest absolute Gasteiger partial charge is 0.319 e. The highest BCUT2D eigenvalue weighted by Gasteiger charge is 2.49. The van der Waals surface area contributed by atoms with Crippen LogP contribution in [-0.2, 0) is 4.79 Å². The topological polar surface area (TPSA) is 118 Å². The van der Waals surface area contributed by atoms with Crippen molar-refractivity contribution < 1.29 is 23.4 Å². The van der Waals surface area contributed by atoms with E-state index in [1.807, 2.05) is 11.0 Å². The number of carbonyl (C=O) groups is 1. The number of halogens is 3. The van der Waals surface area contributed by atoms with Crippen molar-refractivity contribution in [1.82, 2.24) is 19.9 Å². The number of benzene rings is 1. The summed E-state index contributed by atoms with van der Waals surface area (Å²) in [6.45, 7) is 2.35. The number of carboxylic acids is 1. The molecule has 0 saturated carbocycles. The average Bonchev–Trinajstić information content (AvgIpc) is 3.57. The molecule has 13 heteroatoms. The molecule has 43 heavy (non-hydrogen) atoms. The lowest BCUT2D eigenvalue weighted by Crippen LogP contribution is -2.43. The lowest BCUT2D eigenvalue weighted by atomic mass is 9.95. The largest absolute Gasteiger partial charge is 0.481 e. The second-order valence-electron chi connectivity index (χ2n) is 11.8. The molecule has 0 aliphatic carbocycles. The van der Waals surface area contributed by atoms with Crippen molar-refractivity contribution in [3.8, 4) is 17.1 Å². The highest BCUT2D eigenvalue weighted by molar-refractivity contribution is 7.17. The molecule has 1 unspecified atom stereocenters. The van der Waals surface area contributed by atoms with Gasteiger partial charge in [0.15, 0.2) is 5.82 Å². The second-order valence-corrected chi connectivity index (χ2v) is 13.1. The molecule has 0 radical (unpaired) electrons. The Morgan fingerprint density at radius 1 is 1.19 bits per heavy atom. The summed E-state index contributed by atoms with van der Waals surface area (Å²) in [5, 5.41) is 12.0. The Balaban J connectivity index is 1.34. The van der Waals surface area contributed by atoms with Crippen LogP contribution in [-0.4, -0.2) is 75.4 Å². The predicted molar refractivity (Wildman–Crippen MR) is 163 cm³/mol. The van der Waals surface area contributed by atoms with E-state index in [2.05, 4.69) is 14.9 Å². The summed E-state index contributed by atoms with van der Waals surface area (Å²) in [6.07, 6.45) is 2.84. The lowest BCUT2D eigenvalue weighted by molar-refractivity contribution is -0.142. The van der Waals surface area contributed by atoms with Crippen molar-refractivity contribution in [2.75, 3.05) is 43.4 Å². The van der Waals surface area contributed by atoms with Crippen molar-refractivity contribution in [2.24, 2.45) is 5.92 Å². The molecule has 3 saturated heterocycles. The Bertz CT molecular complexity index is 1740. The lowest BCUT2D eigenvalue weighted by Gasteiger charge is -2.31. The summed E-state index contributed by atoms with van der Waals surface area (Å²) < 4.78 is 38.1. The normalized spacial score (nSPS) is 24.5. The molecular weight excluding hydrogens is 598 g/mol. The molecular formula is C30H31ClF2N6O3S. The fraction of sp³-hybridized carbons (Fsp3) is 0.467. The number of carboxylic acid groups (broad SMARTS) is 1. The number of nitrogen functional groups attached to an aromatic ring is 1. The number of aliphatic carboxylic acids is 1. The first kappa shape index (κ1) is 28.4. The van der Waals surface area contributed by atoms with Gasteiger partial charge >= 0.3 is 12.0 Å². The van der Waals surface area contributed by atoms with Gasteiger partial charge in [0.2, 0.25) is 0 Å². The van der Waals surface area contributed by atoms with Crippen LogP contribution in [0.5, 0.6) is 6.01 Å². The molecule has 3 aliphatic rings. The van der Waals surface area contributed by atoms with Crippen LogP contribution < -0.4 is 15.4 Å². The van der Waals surface area contributed by atoms with Crippen LogP contribution in [0.4, 0.5) is 20.4 Å². The van der Waals surface area contributed by atoms with Crippen molar-refractivity contribution in [1.29, 1.82) is 0 Å². The summed E-state index contributed by atoms with van der Waals surface area (Å²) in [6, 6.07) is 5.19. The molecule has 0 amide bonds. The van der Waals surface area contributed by atoms with Gasteiger partial charge in [-0.05, 0) is 56.8 Å². The van der Waals surface area contributed by atoms with Gasteiger partial charge in [0.25, 0.3) is 0 Å². The van der Waals surface area contributed by atoms with Gasteiger partial charge in [-0.1, -0.05) is 11.6 Å². The zero-order chi connectivity index (χ0) is 29.9. The number of rotatable bonds is 6. The highest BCUT2D eigenvalue weighted by atomic mass is 35.5. The van der Waals surface area contributed by atoms with Crippen molar-refractivity contribution >= 4 is 61.7 Å². The molecule has 1 aromatic carbocycles. The minimum atomic E-state index is -0.915. The van der Waals surface area contributed by atoms with Crippen LogP contribution >= 0.6 is 22.9 Å². The van der Waals surface area contributed by atoms with Crippen LogP contribution in [0, 0.1) is 11.7 Å². The standard InChI is InChI=1S/C30H31ClF2N6O3S/c31-20-11-18-26(24(33)23(20)19-14-43-21-4-5-22(34)35-25(19)21)36-29(42-15-30-7-2-9-39(30)13-17(32)12-30)37-27(18)38-8-1-3-16(6-10-38)28(40)41/h4-5,11,14,16-17H,1-3,6-10,12-13,15H2,(H2,34,35)(H,40,41)/t16?,17-,30+/m1/s1. The molecule has 3 aromatic heterocycles. The Morgan fingerprint density at radius 3 is 2.88 bits per heavy atom. The zero-order valence-corrected chi connectivity index (χ0v) is 24.9. The van der Waals surface area contributed by atoms with Gasteiger partial charge in [0.1, 0.15) is 29.9 Å². The maximum atomic E-state index is 16.7. The van der Waals surface area contributed by atoms with Crippen LogP contribution in [0.2, 0.25) is 5.02 Å². The number of aromatic nitrogens is 3. The second kappa shape index (κ2) is 11.0. The zero-order valence-electron chi connectivity index (χ0n) is 23.4. The molecule has 6 heterocycles. The van der Waals surface area contributed by atoms with Gasteiger partial charge in [-0.3, -0.25) is 9.69 Å². The molecule has 3 atom stereocenters. The molecule has 4 aromatic rings. The number of anilines is 2. The van der Waals surface area contributed by atoms with Gasteiger partial charge < -0.3 is 20.5 Å². The van der Waals surface area contributed by atoms with E-state index in [4.69, 9.17) is 27.1 Å². The molecule has 9 nitrogen and oxygen atoms in total. The maximum absolute atomic E-state index is 16.7. The van der Waals surface area contributed by atoms with E-state index in [1.165, 1.54) is 11.3 Å². The van der Waals surface area contributed by atoms with Crippen LogP contribution in [0.25, 0.3) is 32.2 Å². The SMILES string of the molecule is Nc1ccc2scc(-c3c(Cl)cc4c(N5CCCC(C(=O)O)CC5)nc(OC[C@@]56CCCN5C[C@H](F)C6)nc4c3F)c2n1. The maximum Gasteiger partial charge on any atom is 0.319 e. The predicted octanol–water partition coefficient (Wildman–Crippen LogP) is 5.93. The summed E-state index contributed by atoms with van der Waals surface area (Å²) in [4.78, 5) is 29.6. The number of hydrogen-bond donors (Lipinski definition) is 2. The molecule has 3 fully saturated rings. The monoisotopic (exact) mass is 628 g/mol. The Labute approximate surface area is 255 Å². The third kappa shape index (κ3) is 5.02. The average molecular weight is 629 g/mol. The summed E-state index contributed by atoms with van der Waals surface area (Å²) >= 11 is 8.20. The van der Waals surface area contributed by atoms with E-state index in [0.29, 0.717) is 73.4 Å². The number of ether oxygens (including phenoxy) is 1. The number of thiophene rings is 1. The number of nitrogens with two attached hydrogens (primary N) is 1. The molecule has 3 aliphatic heterocycles. The summed E-state index contributed by atoms with van der Waals surface area (Å²) in [7, 11) is 0. The fourth-order valence-corrected chi connectivity index (χ4v) is 8.20. The number of fused-ring (bicyclic) bond motifs is 3. The molecule has 0 bridgehead atoms. The number of nitrogens with zero attached hydrogens (tertiary/aromatic N) is 5. The van der Waals surface area contributed by atoms with Gasteiger partial charge in [0.05, 0.1) is 26.7 Å². The highest BCUT2D eigenvalue weighted by Crippen LogP contribution is 2.44. The Hall–Kier alpha value is -3.35. The van der Waals surface area contributed by atoms with Gasteiger partial charge in [-0.2, -0.15) is 9.97 Å². The summed E-state index contributed by atoms with van der Waals surface area (Å²) in [5.74, 6) is -1.17. The van der Waals surface area contributed by atoms with Crippen molar-refractivity contribution in [2.45, 2.75) is 50.2 Å². The molecule has 226 valence electrons. The van der Waals surface area contributed by atoms with E-state index < -0.39 is 29.4 Å². The first-order valence-electron chi connectivity index (χ1n) is 14.6. The van der Waals surface area contributed by atoms with E-state index >= 15 is 4.39 Å². The fourth-order valence-electron chi connectivity index (χ4n) is 7.02. The first-order chi connectivity index (χ1) is 20.7. The minimum absolute atomic E-state index is 0.00483. The van der Waals surface area contributed by atoms with Crippen molar-refractivity contribution in [3.05, 3.63) is 34.4 Å². The van der Waals surface area contributed by atoms with E-state index in [-0.39, 0.29) is 28.7 Å². The third-order valence-electron chi connectivity index (χ3n) is 9.16. The van der Waals surface area contributed by atoms with Crippen LogP contribution in [0.1, 0.15) is 38.5 Å². The Morgan fingerprint density at radius 2 is 2.05 bits per heavy atom. The van der Waals surface area contributed by atoms with Gasteiger partial charge in [-0.15, -0.1) is 11.3 Å². The number of pyridine rings is 1. The van der Waals surface area contributed by atoms with E-state index in [9.17, 15) is 14.3 Å².